The van der Waals surface area contributed by atoms with Gasteiger partial charge in [0.25, 0.3) is 11.1 Å². The van der Waals surface area contributed by atoms with Crippen LogP contribution in [0.25, 0.3) is 10.8 Å². The van der Waals surface area contributed by atoms with Gasteiger partial charge in [-0.05, 0) is 25.8 Å². The van der Waals surface area contributed by atoms with Crippen LogP contribution in [0.5, 0.6) is 0 Å². The van der Waals surface area contributed by atoms with Crippen molar-refractivity contribution in [3.05, 3.63) is 32.5 Å². The van der Waals surface area contributed by atoms with Crippen molar-refractivity contribution in [2.24, 2.45) is 14.1 Å². The average Bonchev–Trinajstić information content (AvgIpc) is 2.94. The summed E-state index contributed by atoms with van der Waals surface area (Å²) in [4.78, 5) is 26.9. The zero-order valence-electron chi connectivity index (χ0n) is 12.0. The summed E-state index contributed by atoms with van der Waals surface area (Å²) in [5.41, 5.74) is 0.411. The zero-order valence-corrected chi connectivity index (χ0v) is 12.0. The highest BCUT2D eigenvalue weighted by atomic mass is 16.1. The Morgan fingerprint density at radius 1 is 1.10 bits per heavy atom. The second-order valence-electron chi connectivity index (χ2n) is 5.39. The molecular weight excluding hydrogens is 256 g/mol. The molecule has 106 valence electrons. The van der Waals surface area contributed by atoms with E-state index < -0.39 is 0 Å². The van der Waals surface area contributed by atoms with E-state index in [0.717, 1.165) is 31.6 Å². The molecule has 0 saturated carbocycles. The van der Waals surface area contributed by atoms with Crippen molar-refractivity contribution < 1.29 is 0 Å². The summed E-state index contributed by atoms with van der Waals surface area (Å²) < 4.78 is 2.90. The highest BCUT2D eigenvalue weighted by Crippen LogP contribution is 2.23. The Bertz CT molecular complexity index is 797. The van der Waals surface area contributed by atoms with Crippen molar-refractivity contribution in [3.63, 3.8) is 0 Å². The van der Waals surface area contributed by atoms with Crippen LogP contribution in [0.4, 0.5) is 5.82 Å². The van der Waals surface area contributed by atoms with E-state index in [4.69, 9.17) is 0 Å². The maximum atomic E-state index is 12.5. The van der Waals surface area contributed by atoms with Gasteiger partial charge in [0.15, 0.2) is 5.82 Å². The van der Waals surface area contributed by atoms with Crippen molar-refractivity contribution in [2.75, 3.05) is 18.0 Å². The number of anilines is 1. The minimum Gasteiger partial charge on any atom is -0.355 e. The van der Waals surface area contributed by atoms with Crippen molar-refractivity contribution in [1.29, 1.82) is 0 Å². The molecule has 0 aromatic carbocycles. The summed E-state index contributed by atoms with van der Waals surface area (Å²) >= 11 is 0. The topological polar surface area (TPSA) is 60.1 Å². The van der Waals surface area contributed by atoms with Gasteiger partial charge < -0.3 is 9.47 Å². The van der Waals surface area contributed by atoms with E-state index in [1.54, 1.807) is 24.7 Å². The molecule has 1 saturated heterocycles. The van der Waals surface area contributed by atoms with Gasteiger partial charge in [-0.1, -0.05) is 0 Å². The van der Waals surface area contributed by atoms with E-state index >= 15 is 0 Å². The van der Waals surface area contributed by atoms with Gasteiger partial charge in [0.2, 0.25) is 0 Å². The quantitative estimate of drug-likeness (QED) is 0.761. The molecule has 1 aliphatic rings. The van der Waals surface area contributed by atoms with Gasteiger partial charge in [0.1, 0.15) is 0 Å². The Morgan fingerprint density at radius 2 is 1.75 bits per heavy atom. The minimum absolute atomic E-state index is 0.146. The normalized spacial score (nSPS) is 15.2. The lowest BCUT2D eigenvalue weighted by Crippen LogP contribution is -2.31. The fraction of sp³-hybridized carbons (Fsp3) is 0.500. The van der Waals surface area contributed by atoms with E-state index in [1.165, 1.54) is 4.68 Å². The molecule has 3 rings (SSSR count). The monoisotopic (exact) mass is 274 g/mol. The number of hydrogen-bond acceptors (Lipinski definition) is 4. The first-order chi connectivity index (χ1) is 9.50. The molecular formula is C14H18N4O2. The van der Waals surface area contributed by atoms with Crippen molar-refractivity contribution in [1.82, 2.24) is 14.3 Å². The van der Waals surface area contributed by atoms with E-state index in [2.05, 4.69) is 10.00 Å². The summed E-state index contributed by atoms with van der Waals surface area (Å²) in [5, 5.41) is 5.24. The Labute approximate surface area is 116 Å². The van der Waals surface area contributed by atoms with Crippen LogP contribution in [0.3, 0.4) is 0 Å². The van der Waals surface area contributed by atoms with Gasteiger partial charge >= 0.3 is 0 Å². The predicted octanol–water partition coefficient (Wildman–Crippen LogP) is 0.541. The molecule has 0 atom stereocenters. The largest absolute Gasteiger partial charge is 0.355 e. The first-order valence-corrected chi connectivity index (χ1v) is 6.83. The molecule has 0 spiro atoms. The molecule has 0 unspecified atom stereocenters. The molecule has 0 aliphatic carbocycles. The fourth-order valence-electron chi connectivity index (χ4n) is 2.77. The van der Waals surface area contributed by atoms with E-state index in [-0.39, 0.29) is 11.1 Å². The summed E-state index contributed by atoms with van der Waals surface area (Å²) in [6.45, 7) is 3.60. The van der Waals surface area contributed by atoms with Crippen molar-refractivity contribution in [3.8, 4) is 0 Å². The molecule has 0 N–H and O–H groups in total. The third-order valence-corrected chi connectivity index (χ3v) is 4.07. The SMILES string of the molecule is Cc1cc2c(=O)n(C)nc(N3CCCC3)c2c(=O)n1C. The van der Waals surface area contributed by atoms with E-state index in [9.17, 15) is 9.59 Å². The van der Waals surface area contributed by atoms with Crippen molar-refractivity contribution in [2.45, 2.75) is 19.8 Å². The molecule has 1 aliphatic heterocycles. The molecule has 20 heavy (non-hydrogen) atoms. The molecule has 3 heterocycles. The number of rotatable bonds is 1. The van der Waals surface area contributed by atoms with Crippen molar-refractivity contribution >= 4 is 16.6 Å². The molecule has 2 aromatic rings. The second kappa shape index (κ2) is 4.47. The lowest BCUT2D eigenvalue weighted by Gasteiger charge is -2.19. The van der Waals surface area contributed by atoms with Crippen LogP contribution < -0.4 is 16.0 Å². The van der Waals surface area contributed by atoms with Gasteiger partial charge in [-0.15, -0.1) is 0 Å². The standard InChI is InChI=1S/C14H18N4O2/c1-9-8-10-11(14(20)16(9)2)12(15-17(3)13(10)19)18-6-4-5-7-18/h8H,4-7H2,1-3H3. The number of fused-ring (bicyclic) bond motifs is 1. The Kier molecular flexibility index (Phi) is 2.88. The molecule has 6 nitrogen and oxygen atoms in total. The summed E-state index contributed by atoms with van der Waals surface area (Å²) in [6, 6.07) is 1.78. The lowest BCUT2D eigenvalue weighted by molar-refractivity contribution is 0.703. The molecule has 6 heteroatoms. The van der Waals surface area contributed by atoms with Crippen LogP contribution in [0.15, 0.2) is 15.7 Å². The van der Waals surface area contributed by atoms with Gasteiger partial charge in [0.05, 0.1) is 10.8 Å². The van der Waals surface area contributed by atoms with Gasteiger partial charge in [-0.3, -0.25) is 9.59 Å². The third kappa shape index (κ3) is 1.75. The van der Waals surface area contributed by atoms with Gasteiger partial charge in [0, 0.05) is 32.9 Å². The van der Waals surface area contributed by atoms with E-state index in [0.29, 0.717) is 16.6 Å². The maximum absolute atomic E-state index is 12.5. The number of aromatic nitrogens is 3. The predicted molar refractivity (Wildman–Crippen MR) is 78.4 cm³/mol. The summed E-state index contributed by atoms with van der Waals surface area (Å²) in [6.07, 6.45) is 2.19. The molecule has 0 amide bonds. The van der Waals surface area contributed by atoms with Gasteiger partial charge in [-0.25, -0.2) is 4.68 Å². The summed E-state index contributed by atoms with van der Waals surface area (Å²) in [5.74, 6) is 0.639. The van der Waals surface area contributed by atoms with Crippen LogP contribution in [0.1, 0.15) is 18.5 Å². The third-order valence-electron chi connectivity index (χ3n) is 4.07. The number of hydrogen-bond donors (Lipinski definition) is 0. The van der Waals surface area contributed by atoms with Crippen LogP contribution >= 0.6 is 0 Å². The highest BCUT2D eigenvalue weighted by molar-refractivity contribution is 5.91. The smallest absolute Gasteiger partial charge is 0.274 e. The Balaban J connectivity index is 2.46. The zero-order chi connectivity index (χ0) is 14.4. The van der Waals surface area contributed by atoms with E-state index in [1.807, 2.05) is 6.92 Å². The summed E-state index contributed by atoms with van der Waals surface area (Å²) in [7, 11) is 3.36. The van der Waals surface area contributed by atoms with Crippen LogP contribution in [-0.4, -0.2) is 27.4 Å². The molecule has 0 radical (unpaired) electrons. The van der Waals surface area contributed by atoms with Crippen LogP contribution in [0.2, 0.25) is 0 Å². The second-order valence-corrected chi connectivity index (χ2v) is 5.39. The first kappa shape index (κ1) is 12.9. The number of aryl methyl sites for hydroxylation is 2. The highest BCUT2D eigenvalue weighted by Gasteiger charge is 2.21. The maximum Gasteiger partial charge on any atom is 0.274 e. The minimum atomic E-state index is -0.219. The molecule has 0 bridgehead atoms. The molecule has 2 aromatic heterocycles. The van der Waals surface area contributed by atoms with Crippen LogP contribution in [-0.2, 0) is 14.1 Å². The Morgan fingerprint density at radius 3 is 2.40 bits per heavy atom. The lowest BCUT2D eigenvalue weighted by atomic mass is 10.2. The average molecular weight is 274 g/mol. The Hall–Kier alpha value is -2.11. The number of nitrogens with zero attached hydrogens (tertiary/aromatic N) is 4. The van der Waals surface area contributed by atoms with Gasteiger partial charge in [-0.2, -0.15) is 5.10 Å². The first-order valence-electron chi connectivity index (χ1n) is 6.83. The molecule has 1 fully saturated rings. The number of pyridine rings is 1. The van der Waals surface area contributed by atoms with Crippen LogP contribution in [0, 0.1) is 6.92 Å². The fourth-order valence-corrected chi connectivity index (χ4v) is 2.77.